The molecule has 0 bridgehead atoms. The lowest BCUT2D eigenvalue weighted by Gasteiger charge is -2.33. The van der Waals surface area contributed by atoms with E-state index in [4.69, 9.17) is 23.2 Å². The first-order valence-corrected chi connectivity index (χ1v) is 12.1. The van der Waals surface area contributed by atoms with E-state index in [-0.39, 0.29) is 30.2 Å². The SMILES string of the molecule is CC(C)C(NC(=O)[C@@H]1CCCN(S(=O)(=O)Cc2c(Cl)cccc2Cl)C1)C(C)C. The first kappa shape index (κ1) is 23.5. The maximum atomic E-state index is 12.9. The Labute approximate surface area is 178 Å². The van der Waals surface area contributed by atoms with Crippen LogP contribution in [0.5, 0.6) is 0 Å². The standard InChI is InChI=1S/C20H30Cl2N2O3S/c1-13(2)19(14(3)4)23-20(25)15-7-6-10-24(11-15)28(26,27)12-16-17(21)8-5-9-18(16)22/h5,8-9,13-15,19H,6-7,10-12H2,1-4H3,(H,23,25)/t15-/m1/s1. The fourth-order valence-corrected chi connectivity index (χ4v) is 6.10. The van der Waals surface area contributed by atoms with Gasteiger partial charge in [0.25, 0.3) is 0 Å². The second kappa shape index (κ2) is 9.79. The average Bonchev–Trinajstić information content (AvgIpc) is 2.62. The number of halogens is 2. The van der Waals surface area contributed by atoms with Gasteiger partial charge in [-0.1, -0.05) is 57.0 Å². The Morgan fingerprint density at radius 2 is 1.75 bits per heavy atom. The van der Waals surface area contributed by atoms with E-state index in [0.717, 1.165) is 0 Å². The van der Waals surface area contributed by atoms with Crippen LogP contribution in [0.4, 0.5) is 0 Å². The first-order valence-electron chi connectivity index (χ1n) is 9.74. The van der Waals surface area contributed by atoms with Crippen molar-refractivity contribution in [3.63, 3.8) is 0 Å². The minimum Gasteiger partial charge on any atom is -0.353 e. The molecule has 0 spiro atoms. The molecule has 0 aromatic heterocycles. The molecule has 1 atom stereocenters. The molecule has 1 heterocycles. The number of hydrogen-bond acceptors (Lipinski definition) is 3. The second-order valence-electron chi connectivity index (χ2n) is 8.18. The van der Waals surface area contributed by atoms with Gasteiger partial charge in [-0.3, -0.25) is 4.79 Å². The van der Waals surface area contributed by atoms with Crippen LogP contribution in [0, 0.1) is 17.8 Å². The number of piperidine rings is 1. The summed E-state index contributed by atoms with van der Waals surface area (Å²) in [5, 5.41) is 3.79. The van der Waals surface area contributed by atoms with Crippen molar-refractivity contribution in [3.8, 4) is 0 Å². The summed E-state index contributed by atoms with van der Waals surface area (Å²) in [6, 6.07) is 5.01. The first-order chi connectivity index (χ1) is 13.0. The molecule has 1 fully saturated rings. The van der Waals surface area contributed by atoms with Gasteiger partial charge in [-0.25, -0.2) is 12.7 Å². The maximum Gasteiger partial charge on any atom is 0.224 e. The number of benzene rings is 1. The summed E-state index contributed by atoms with van der Waals surface area (Å²) < 4.78 is 27.3. The van der Waals surface area contributed by atoms with E-state index in [1.54, 1.807) is 18.2 Å². The van der Waals surface area contributed by atoms with E-state index < -0.39 is 10.0 Å². The Morgan fingerprint density at radius 1 is 1.18 bits per heavy atom. The zero-order chi connectivity index (χ0) is 21.1. The van der Waals surface area contributed by atoms with Crippen molar-refractivity contribution < 1.29 is 13.2 Å². The quantitative estimate of drug-likeness (QED) is 0.674. The zero-order valence-corrected chi connectivity index (χ0v) is 19.2. The number of nitrogens with one attached hydrogen (secondary N) is 1. The van der Waals surface area contributed by atoms with Crippen molar-refractivity contribution in [2.24, 2.45) is 17.8 Å². The summed E-state index contributed by atoms with van der Waals surface area (Å²) in [6.07, 6.45) is 1.34. The third kappa shape index (κ3) is 5.85. The minimum absolute atomic E-state index is 0.0666. The minimum atomic E-state index is -3.62. The summed E-state index contributed by atoms with van der Waals surface area (Å²) >= 11 is 12.3. The van der Waals surface area contributed by atoms with Gasteiger partial charge in [0.15, 0.2) is 0 Å². The van der Waals surface area contributed by atoms with Crippen molar-refractivity contribution >= 4 is 39.1 Å². The molecule has 1 N–H and O–H groups in total. The van der Waals surface area contributed by atoms with Crippen LogP contribution >= 0.6 is 23.2 Å². The highest BCUT2D eigenvalue weighted by Gasteiger charge is 2.34. The van der Waals surface area contributed by atoms with Gasteiger partial charge in [0.1, 0.15) is 0 Å². The topological polar surface area (TPSA) is 66.5 Å². The highest BCUT2D eigenvalue weighted by atomic mass is 35.5. The third-order valence-electron chi connectivity index (χ3n) is 5.28. The Morgan fingerprint density at radius 3 is 2.29 bits per heavy atom. The molecular weight excluding hydrogens is 419 g/mol. The molecule has 1 saturated heterocycles. The number of hydrogen-bond donors (Lipinski definition) is 1. The summed E-state index contributed by atoms with van der Waals surface area (Å²) in [5.41, 5.74) is 0.400. The molecule has 0 radical (unpaired) electrons. The lowest BCUT2D eigenvalue weighted by atomic mass is 9.91. The van der Waals surface area contributed by atoms with Crippen molar-refractivity contribution in [2.45, 2.75) is 52.3 Å². The average molecular weight is 449 g/mol. The largest absolute Gasteiger partial charge is 0.353 e. The summed E-state index contributed by atoms with van der Waals surface area (Å²) in [4.78, 5) is 12.8. The van der Waals surface area contributed by atoms with Gasteiger partial charge < -0.3 is 5.32 Å². The van der Waals surface area contributed by atoms with E-state index in [0.29, 0.717) is 46.8 Å². The predicted molar refractivity (Wildman–Crippen MR) is 115 cm³/mol. The van der Waals surface area contributed by atoms with Gasteiger partial charge >= 0.3 is 0 Å². The number of carbonyl (C=O) groups is 1. The highest BCUT2D eigenvalue weighted by molar-refractivity contribution is 7.88. The molecule has 1 aliphatic rings. The summed E-state index contributed by atoms with van der Waals surface area (Å²) in [7, 11) is -3.62. The normalized spacial score (nSPS) is 18.8. The molecule has 1 aliphatic heterocycles. The molecule has 0 saturated carbocycles. The van der Waals surface area contributed by atoms with Crippen molar-refractivity contribution in [3.05, 3.63) is 33.8 Å². The third-order valence-corrected chi connectivity index (χ3v) is 7.76. The van der Waals surface area contributed by atoms with Crippen LogP contribution < -0.4 is 5.32 Å². The molecule has 0 aliphatic carbocycles. The predicted octanol–water partition coefficient (Wildman–Crippen LogP) is 4.33. The number of rotatable bonds is 7. The molecule has 5 nitrogen and oxygen atoms in total. The fourth-order valence-electron chi connectivity index (χ4n) is 3.74. The van der Waals surface area contributed by atoms with Crippen molar-refractivity contribution in [2.75, 3.05) is 13.1 Å². The van der Waals surface area contributed by atoms with E-state index in [2.05, 4.69) is 33.0 Å². The van der Waals surface area contributed by atoms with Gasteiger partial charge in [0.05, 0.1) is 11.7 Å². The lowest BCUT2D eigenvalue weighted by molar-refractivity contribution is -0.127. The molecular formula is C20H30Cl2N2O3S. The van der Waals surface area contributed by atoms with Gasteiger partial charge in [0.2, 0.25) is 15.9 Å². The van der Waals surface area contributed by atoms with Gasteiger partial charge in [-0.05, 0) is 36.8 Å². The summed E-state index contributed by atoms with van der Waals surface area (Å²) in [5.74, 6) is -0.0432. The van der Waals surface area contributed by atoms with Crippen LogP contribution in [0.2, 0.25) is 10.0 Å². The number of nitrogens with zero attached hydrogens (tertiary/aromatic N) is 1. The van der Waals surface area contributed by atoms with Crippen LogP contribution in [-0.2, 0) is 20.6 Å². The maximum absolute atomic E-state index is 12.9. The van der Waals surface area contributed by atoms with Crippen molar-refractivity contribution in [1.29, 1.82) is 0 Å². The van der Waals surface area contributed by atoms with E-state index in [1.807, 2.05) is 0 Å². The Hall–Kier alpha value is -0.820. The Balaban J connectivity index is 2.10. The molecule has 0 unspecified atom stereocenters. The van der Waals surface area contributed by atoms with Crippen LogP contribution in [-0.4, -0.2) is 37.8 Å². The fraction of sp³-hybridized carbons (Fsp3) is 0.650. The molecule has 1 aromatic rings. The monoisotopic (exact) mass is 448 g/mol. The van der Waals surface area contributed by atoms with Crippen LogP contribution in [0.25, 0.3) is 0 Å². The van der Waals surface area contributed by atoms with Gasteiger partial charge in [-0.15, -0.1) is 0 Å². The molecule has 1 amide bonds. The molecule has 158 valence electrons. The van der Waals surface area contributed by atoms with Crippen LogP contribution in [0.1, 0.15) is 46.1 Å². The van der Waals surface area contributed by atoms with Crippen LogP contribution in [0.15, 0.2) is 18.2 Å². The smallest absolute Gasteiger partial charge is 0.224 e. The summed E-state index contributed by atoms with van der Waals surface area (Å²) in [6.45, 7) is 8.92. The lowest BCUT2D eigenvalue weighted by Crippen LogP contribution is -2.50. The Bertz CT molecular complexity index is 768. The van der Waals surface area contributed by atoms with Gasteiger partial charge in [-0.2, -0.15) is 0 Å². The van der Waals surface area contributed by atoms with Crippen molar-refractivity contribution in [1.82, 2.24) is 9.62 Å². The number of carbonyl (C=O) groups excluding carboxylic acids is 1. The number of amides is 1. The van der Waals surface area contributed by atoms with E-state index in [9.17, 15) is 13.2 Å². The van der Waals surface area contributed by atoms with E-state index >= 15 is 0 Å². The molecule has 1 aromatic carbocycles. The molecule has 8 heteroatoms. The zero-order valence-electron chi connectivity index (χ0n) is 16.9. The highest BCUT2D eigenvalue weighted by Crippen LogP contribution is 2.29. The van der Waals surface area contributed by atoms with Crippen LogP contribution in [0.3, 0.4) is 0 Å². The second-order valence-corrected chi connectivity index (χ2v) is 11.0. The Kier molecular flexibility index (Phi) is 8.20. The van der Waals surface area contributed by atoms with Gasteiger partial charge in [0, 0.05) is 34.7 Å². The number of sulfonamides is 1. The molecule has 28 heavy (non-hydrogen) atoms. The van der Waals surface area contributed by atoms with E-state index in [1.165, 1.54) is 4.31 Å². The molecule has 2 rings (SSSR count).